The summed E-state index contributed by atoms with van der Waals surface area (Å²) >= 11 is 0. The molecule has 0 atom stereocenters. The fraction of sp³-hybridized carbons (Fsp3) is 0.625. The van der Waals surface area contributed by atoms with Crippen molar-refractivity contribution in [3.8, 4) is 0 Å². The maximum atomic E-state index is 3.76. The first kappa shape index (κ1) is 7.61. The molecule has 0 aromatic carbocycles. The molecule has 0 saturated heterocycles. The van der Waals surface area contributed by atoms with Crippen LogP contribution in [0.3, 0.4) is 0 Å². The molecule has 0 aliphatic heterocycles. The van der Waals surface area contributed by atoms with E-state index in [2.05, 4.69) is 13.5 Å². The van der Waals surface area contributed by atoms with Crippen molar-refractivity contribution in [2.45, 2.75) is 32.1 Å². The Hall–Kier alpha value is -0.390. The van der Waals surface area contributed by atoms with Gasteiger partial charge >= 0.3 is 0 Å². The van der Waals surface area contributed by atoms with Gasteiger partial charge in [0.05, 0.1) is 13.3 Å². The van der Waals surface area contributed by atoms with Gasteiger partial charge in [-0.15, -0.1) is 6.58 Å². The molecule has 0 saturated carbocycles. The minimum Gasteiger partial charge on any atom is -0.103 e. The van der Waals surface area contributed by atoms with Crippen molar-refractivity contribution in [2.75, 3.05) is 0 Å². The number of rotatable bonds is 5. The van der Waals surface area contributed by atoms with Gasteiger partial charge in [-0.3, -0.25) is 0 Å². The summed E-state index contributed by atoms with van der Waals surface area (Å²) in [6.45, 7) is 7.40. The second-order valence-corrected chi connectivity index (χ2v) is 1.99. The predicted octanol–water partition coefficient (Wildman–Crippen LogP) is 2.96. The third kappa shape index (κ3) is 5.61. The van der Waals surface area contributed by atoms with Crippen molar-refractivity contribution in [3.63, 3.8) is 0 Å². The quantitative estimate of drug-likeness (QED) is 0.290. The molecule has 0 aromatic rings. The molecule has 0 spiro atoms. The Morgan fingerprint density at radius 2 is 2.00 bits per heavy atom. The molecule has 0 amide bonds. The topological polar surface area (TPSA) is 0 Å². The van der Waals surface area contributed by atoms with Gasteiger partial charge in [0.25, 0.3) is 0 Å². The summed E-state index contributed by atoms with van der Waals surface area (Å²) in [7, 11) is 0. The molecular formula is C8H15+. The monoisotopic (exact) mass is 111 g/mol. The summed E-state index contributed by atoms with van der Waals surface area (Å²) in [5, 5.41) is 0. The molecule has 0 aliphatic carbocycles. The maximum Gasteiger partial charge on any atom is 0.0850 e. The van der Waals surface area contributed by atoms with Crippen LogP contribution in [0.5, 0.6) is 0 Å². The van der Waals surface area contributed by atoms with Gasteiger partial charge < -0.3 is 0 Å². The Balaban J connectivity index is 2.62. The van der Waals surface area contributed by atoms with Crippen molar-refractivity contribution in [3.05, 3.63) is 19.6 Å². The standard InChI is InChI=1S/C8H15/c1-3-5-7-8-6-4-2/h3H,1-2,4-8H2/q+1. The van der Waals surface area contributed by atoms with Gasteiger partial charge in [-0.05, 0) is 25.7 Å². The molecule has 46 valence electrons. The second-order valence-electron chi connectivity index (χ2n) is 1.99. The van der Waals surface area contributed by atoms with E-state index < -0.39 is 0 Å². The van der Waals surface area contributed by atoms with Gasteiger partial charge in [0, 0.05) is 0 Å². The first-order chi connectivity index (χ1) is 3.91. The fourth-order valence-electron chi connectivity index (χ4n) is 0.642. The lowest BCUT2D eigenvalue weighted by atomic mass is 10.2. The first-order valence-corrected chi connectivity index (χ1v) is 3.32. The zero-order valence-electron chi connectivity index (χ0n) is 5.53. The van der Waals surface area contributed by atoms with Gasteiger partial charge in [-0.25, -0.2) is 0 Å². The van der Waals surface area contributed by atoms with Crippen LogP contribution in [0.1, 0.15) is 32.1 Å². The molecule has 0 N–H and O–H groups in total. The van der Waals surface area contributed by atoms with E-state index in [9.17, 15) is 0 Å². The van der Waals surface area contributed by atoms with Crippen molar-refractivity contribution in [2.24, 2.45) is 0 Å². The van der Waals surface area contributed by atoms with Crippen molar-refractivity contribution in [1.29, 1.82) is 0 Å². The average Bonchev–Trinajstić information content (AvgIpc) is 1.81. The van der Waals surface area contributed by atoms with Crippen LogP contribution in [0.25, 0.3) is 0 Å². The number of hydrogen-bond acceptors (Lipinski definition) is 0. The molecule has 0 aromatic heterocycles. The molecule has 0 aliphatic rings. The van der Waals surface area contributed by atoms with Gasteiger partial charge in [-0.2, -0.15) is 0 Å². The second kappa shape index (κ2) is 6.61. The Bertz CT molecular complexity index is 46.0. The van der Waals surface area contributed by atoms with Crippen LogP contribution in [0.4, 0.5) is 0 Å². The van der Waals surface area contributed by atoms with E-state index in [0.717, 1.165) is 6.42 Å². The highest BCUT2D eigenvalue weighted by Crippen LogP contribution is 2.01. The summed E-state index contributed by atoms with van der Waals surface area (Å²) in [4.78, 5) is 0. The third-order valence-corrected chi connectivity index (χ3v) is 1.16. The van der Waals surface area contributed by atoms with Crippen LogP contribution in [-0.2, 0) is 0 Å². The van der Waals surface area contributed by atoms with E-state index in [1.165, 1.54) is 25.7 Å². The number of unbranched alkanes of at least 4 members (excludes halogenated alkanes) is 4. The van der Waals surface area contributed by atoms with Crippen LogP contribution in [0.2, 0.25) is 0 Å². The molecule has 0 unspecified atom stereocenters. The average molecular weight is 111 g/mol. The van der Waals surface area contributed by atoms with Crippen molar-refractivity contribution in [1.82, 2.24) is 0 Å². The Kier molecular flexibility index (Phi) is 6.29. The minimum absolute atomic E-state index is 1.08. The molecule has 0 heterocycles. The molecular weight excluding hydrogens is 96.1 g/mol. The minimum atomic E-state index is 1.08. The first-order valence-electron chi connectivity index (χ1n) is 3.32. The number of allylic oxidation sites excluding steroid dienone is 1. The largest absolute Gasteiger partial charge is 0.103 e. The normalized spacial score (nSPS) is 9.00. The SMILES string of the molecule is C=CCCCCC[CH2+]. The number of hydrogen-bond donors (Lipinski definition) is 0. The summed E-state index contributed by atoms with van der Waals surface area (Å²) in [5.74, 6) is 0. The Morgan fingerprint density at radius 1 is 1.25 bits per heavy atom. The smallest absolute Gasteiger partial charge is 0.0850 e. The van der Waals surface area contributed by atoms with Crippen LogP contribution >= 0.6 is 0 Å². The molecule has 8 heavy (non-hydrogen) atoms. The third-order valence-electron chi connectivity index (χ3n) is 1.16. The van der Waals surface area contributed by atoms with E-state index in [-0.39, 0.29) is 0 Å². The predicted molar refractivity (Wildman–Crippen MR) is 38.6 cm³/mol. The highest BCUT2D eigenvalue weighted by molar-refractivity contribution is 4.65. The Morgan fingerprint density at radius 3 is 2.50 bits per heavy atom. The summed E-state index contributed by atoms with van der Waals surface area (Å²) in [6, 6.07) is 0. The van der Waals surface area contributed by atoms with Gasteiger partial charge in [0.2, 0.25) is 0 Å². The lowest BCUT2D eigenvalue weighted by Gasteiger charge is -1.89. The molecule has 0 radical (unpaired) electrons. The Labute approximate surface area is 52.6 Å². The van der Waals surface area contributed by atoms with Gasteiger partial charge in [-0.1, -0.05) is 6.08 Å². The highest BCUT2D eigenvalue weighted by atomic mass is 13.9. The van der Waals surface area contributed by atoms with Crippen molar-refractivity contribution >= 4 is 0 Å². The summed E-state index contributed by atoms with van der Waals surface area (Å²) in [6.07, 6.45) is 8.10. The van der Waals surface area contributed by atoms with E-state index in [0.29, 0.717) is 0 Å². The van der Waals surface area contributed by atoms with E-state index >= 15 is 0 Å². The summed E-state index contributed by atoms with van der Waals surface area (Å²) < 4.78 is 0. The van der Waals surface area contributed by atoms with Crippen LogP contribution < -0.4 is 0 Å². The van der Waals surface area contributed by atoms with E-state index in [1.54, 1.807) is 0 Å². The molecule has 0 heteroatoms. The fourth-order valence-corrected chi connectivity index (χ4v) is 0.642. The van der Waals surface area contributed by atoms with Crippen LogP contribution in [0, 0.1) is 6.92 Å². The zero-order chi connectivity index (χ0) is 6.24. The molecule has 0 rings (SSSR count). The molecule has 0 nitrogen and oxygen atoms in total. The lowest BCUT2D eigenvalue weighted by molar-refractivity contribution is 0.695. The maximum absolute atomic E-state index is 3.76. The zero-order valence-corrected chi connectivity index (χ0v) is 5.53. The van der Waals surface area contributed by atoms with E-state index in [1.807, 2.05) is 6.08 Å². The van der Waals surface area contributed by atoms with E-state index in [4.69, 9.17) is 0 Å². The van der Waals surface area contributed by atoms with Crippen LogP contribution in [0.15, 0.2) is 12.7 Å². The van der Waals surface area contributed by atoms with Crippen molar-refractivity contribution < 1.29 is 0 Å². The lowest BCUT2D eigenvalue weighted by Crippen LogP contribution is -1.72. The summed E-state index contributed by atoms with van der Waals surface area (Å²) in [5.41, 5.74) is 0. The highest BCUT2D eigenvalue weighted by Gasteiger charge is 1.84. The van der Waals surface area contributed by atoms with Gasteiger partial charge in [0.1, 0.15) is 0 Å². The molecule has 0 fully saturated rings. The van der Waals surface area contributed by atoms with Gasteiger partial charge in [0.15, 0.2) is 0 Å². The van der Waals surface area contributed by atoms with Crippen LogP contribution in [-0.4, -0.2) is 0 Å². The molecule has 0 bridgehead atoms.